The van der Waals surface area contributed by atoms with E-state index in [4.69, 9.17) is 0 Å². The third-order valence-electron chi connectivity index (χ3n) is 4.05. The number of nitrogens with one attached hydrogen (secondary N) is 1. The number of rotatable bonds is 4. The van der Waals surface area contributed by atoms with E-state index < -0.39 is 0 Å². The lowest BCUT2D eigenvalue weighted by molar-refractivity contribution is -0.129. The number of carbonyl (C=O) groups is 1. The maximum absolute atomic E-state index is 12.3. The van der Waals surface area contributed by atoms with Gasteiger partial charge in [-0.15, -0.1) is 0 Å². The first kappa shape index (κ1) is 14.1. The number of likely N-dealkylation sites (tertiary alicyclic amines) is 1. The average molecular weight is 263 g/mol. The molecule has 1 aromatic heterocycles. The molecule has 1 N–H and O–H groups in total. The lowest BCUT2D eigenvalue weighted by Crippen LogP contribution is -2.30. The van der Waals surface area contributed by atoms with Gasteiger partial charge in [0.15, 0.2) is 0 Å². The van der Waals surface area contributed by atoms with Crippen LogP contribution in [0, 0.1) is 25.7 Å². The van der Waals surface area contributed by atoms with Crippen molar-refractivity contribution in [3.05, 3.63) is 17.0 Å². The van der Waals surface area contributed by atoms with Gasteiger partial charge < -0.3 is 4.90 Å². The number of aromatic amines is 1. The Labute approximate surface area is 115 Å². The van der Waals surface area contributed by atoms with Crippen molar-refractivity contribution in [1.29, 1.82) is 0 Å². The van der Waals surface area contributed by atoms with E-state index in [1.165, 1.54) is 6.42 Å². The maximum Gasteiger partial charge on any atom is 0.227 e. The minimum absolute atomic E-state index is 0.249. The Morgan fingerprint density at radius 3 is 2.79 bits per heavy atom. The average Bonchev–Trinajstić information content (AvgIpc) is 2.90. The van der Waals surface area contributed by atoms with E-state index in [1.807, 2.05) is 18.7 Å². The number of aryl methyl sites for hydroxylation is 2. The Morgan fingerprint density at radius 1 is 1.47 bits per heavy atom. The molecule has 1 saturated heterocycles. The van der Waals surface area contributed by atoms with Crippen LogP contribution >= 0.6 is 0 Å². The topological polar surface area (TPSA) is 49.0 Å². The minimum Gasteiger partial charge on any atom is -0.342 e. The molecule has 2 rings (SSSR count). The minimum atomic E-state index is 0.249. The van der Waals surface area contributed by atoms with E-state index in [9.17, 15) is 4.79 Å². The van der Waals surface area contributed by atoms with E-state index >= 15 is 0 Å². The quantitative estimate of drug-likeness (QED) is 0.907. The number of H-pyrrole nitrogens is 1. The van der Waals surface area contributed by atoms with Crippen molar-refractivity contribution in [2.75, 3.05) is 13.1 Å². The molecule has 0 aromatic carbocycles. The Morgan fingerprint density at radius 2 is 2.21 bits per heavy atom. The molecule has 1 amide bonds. The summed E-state index contributed by atoms with van der Waals surface area (Å²) in [6.45, 7) is 10.3. The van der Waals surface area contributed by atoms with Crippen molar-refractivity contribution < 1.29 is 4.79 Å². The largest absolute Gasteiger partial charge is 0.342 e. The van der Waals surface area contributed by atoms with Crippen LogP contribution in [0.25, 0.3) is 0 Å². The molecule has 0 saturated carbocycles. The summed E-state index contributed by atoms with van der Waals surface area (Å²) in [5.41, 5.74) is 3.03. The van der Waals surface area contributed by atoms with Crippen LogP contribution in [0.15, 0.2) is 0 Å². The predicted octanol–water partition coefficient (Wildman–Crippen LogP) is 2.46. The van der Waals surface area contributed by atoms with Crippen molar-refractivity contribution in [2.45, 2.75) is 47.0 Å². The molecule has 1 aliphatic heterocycles. The van der Waals surface area contributed by atoms with Crippen molar-refractivity contribution >= 4 is 5.91 Å². The fraction of sp³-hybridized carbons (Fsp3) is 0.733. The number of hydrogen-bond acceptors (Lipinski definition) is 2. The molecule has 106 valence electrons. The fourth-order valence-corrected chi connectivity index (χ4v) is 3.02. The van der Waals surface area contributed by atoms with Crippen LogP contribution in [0.2, 0.25) is 0 Å². The van der Waals surface area contributed by atoms with Crippen molar-refractivity contribution in [3.63, 3.8) is 0 Å². The number of hydrogen-bond donors (Lipinski definition) is 1. The highest BCUT2D eigenvalue weighted by Crippen LogP contribution is 2.24. The molecule has 0 unspecified atom stereocenters. The molecule has 0 radical (unpaired) electrons. The SMILES string of the molecule is Cc1n[nH]c(C)c1CC(=O)N1CC[C@H](CC(C)C)C1. The first-order chi connectivity index (χ1) is 8.97. The van der Waals surface area contributed by atoms with Gasteiger partial charge in [-0.05, 0) is 38.5 Å². The van der Waals surface area contributed by atoms with E-state index in [-0.39, 0.29) is 5.91 Å². The first-order valence-electron chi connectivity index (χ1n) is 7.25. The van der Waals surface area contributed by atoms with Crippen molar-refractivity contribution in [1.82, 2.24) is 15.1 Å². The van der Waals surface area contributed by atoms with E-state index in [0.717, 1.165) is 42.4 Å². The Kier molecular flexibility index (Phi) is 4.27. The molecule has 1 atom stereocenters. The number of amides is 1. The first-order valence-corrected chi connectivity index (χ1v) is 7.25. The van der Waals surface area contributed by atoms with Crippen LogP contribution in [0.5, 0.6) is 0 Å². The summed E-state index contributed by atoms with van der Waals surface area (Å²) in [7, 11) is 0. The van der Waals surface area contributed by atoms with E-state index in [1.54, 1.807) is 0 Å². The molecule has 1 fully saturated rings. The van der Waals surface area contributed by atoms with Gasteiger partial charge in [0, 0.05) is 24.3 Å². The van der Waals surface area contributed by atoms with Crippen LogP contribution in [0.3, 0.4) is 0 Å². The highest BCUT2D eigenvalue weighted by molar-refractivity contribution is 5.79. The number of aromatic nitrogens is 2. The molecular weight excluding hydrogens is 238 g/mol. The summed E-state index contributed by atoms with van der Waals surface area (Å²) in [6.07, 6.45) is 2.88. The zero-order chi connectivity index (χ0) is 14.0. The Hall–Kier alpha value is -1.32. The van der Waals surface area contributed by atoms with Crippen LogP contribution in [-0.4, -0.2) is 34.1 Å². The smallest absolute Gasteiger partial charge is 0.227 e. The lowest BCUT2D eigenvalue weighted by Gasteiger charge is -2.17. The van der Waals surface area contributed by atoms with Gasteiger partial charge in [0.05, 0.1) is 12.1 Å². The van der Waals surface area contributed by atoms with E-state index in [2.05, 4.69) is 24.0 Å². The van der Waals surface area contributed by atoms with Crippen LogP contribution in [-0.2, 0) is 11.2 Å². The molecular formula is C15H25N3O. The molecule has 1 aliphatic rings. The van der Waals surface area contributed by atoms with E-state index in [0.29, 0.717) is 12.3 Å². The van der Waals surface area contributed by atoms with Gasteiger partial charge >= 0.3 is 0 Å². The van der Waals surface area contributed by atoms with Gasteiger partial charge in [-0.1, -0.05) is 13.8 Å². The molecule has 4 nitrogen and oxygen atoms in total. The summed E-state index contributed by atoms with van der Waals surface area (Å²) in [4.78, 5) is 14.4. The monoisotopic (exact) mass is 263 g/mol. The number of nitrogens with zero attached hydrogens (tertiary/aromatic N) is 2. The Balaban J connectivity index is 1.91. The van der Waals surface area contributed by atoms with Gasteiger partial charge in [-0.3, -0.25) is 9.89 Å². The molecule has 4 heteroatoms. The highest BCUT2D eigenvalue weighted by atomic mass is 16.2. The molecule has 2 heterocycles. The summed E-state index contributed by atoms with van der Waals surface area (Å²) in [5.74, 6) is 1.66. The second-order valence-electron chi connectivity index (χ2n) is 6.21. The summed E-state index contributed by atoms with van der Waals surface area (Å²) in [6, 6.07) is 0. The maximum atomic E-state index is 12.3. The van der Waals surface area contributed by atoms with Gasteiger partial charge in [-0.2, -0.15) is 5.10 Å². The van der Waals surface area contributed by atoms with Crippen molar-refractivity contribution in [3.8, 4) is 0 Å². The summed E-state index contributed by atoms with van der Waals surface area (Å²) < 4.78 is 0. The van der Waals surface area contributed by atoms with Crippen LogP contribution < -0.4 is 0 Å². The second kappa shape index (κ2) is 5.76. The number of carbonyl (C=O) groups excluding carboxylic acids is 1. The molecule has 1 aromatic rings. The normalized spacial score (nSPS) is 19.4. The van der Waals surface area contributed by atoms with Crippen molar-refractivity contribution in [2.24, 2.45) is 11.8 Å². The highest BCUT2D eigenvalue weighted by Gasteiger charge is 2.27. The lowest BCUT2D eigenvalue weighted by atomic mass is 9.97. The zero-order valence-electron chi connectivity index (χ0n) is 12.5. The standard InChI is InChI=1S/C15H25N3O/c1-10(2)7-13-5-6-18(9-13)15(19)8-14-11(3)16-17-12(14)4/h10,13H,5-9H2,1-4H3,(H,16,17)/t13-/m1/s1. The third-order valence-corrected chi connectivity index (χ3v) is 4.05. The Bertz CT molecular complexity index is 431. The molecule has 0 aliphatic carbocycles. The third kappa shape index (κ3) is 3.37. The van der Waals surface area contributed by atoms with Gasteiger partial charge in [0.25, 0.3) is 0 Å². The summed E-state index contributed by atoms with van der Waals surface area (Å²) in [5, 5.41) is 7.10. The summed E-state index contributed by atoms with van der Waals surface area (Å²) >= 11 is 0. The zero-order valence-corrected chi connectivity index (χ0v) is 12.5. The van der Waals surface area contributed by atoms with Crippen LogP contribution in [0.4, 0.5) is 0 Å². The second-order valence-corrected chi connectivity index (χ2v) is 6.21. The molecule has 0 spiro atoms. The van der Waals surface area contributed by atoms with Gasteiger partial charge in [0.2, 0.25) is 5.91 Å². The van der Waals surface area contributed by atoms with Gasteiger partial charge in [0.1, 0.15) is 0 Å². The molecule has 0 bridgehead atoms. The predicted molar refractivity (Wildman–Crippen MR) is 75.9 cm³/mol. The van der Waals surface area contributed by atoms with Gasteiger partial charge in [-0.25, -0.2) is 0 Å². The molecule has 19 heavy (non-hydrogen) atoms. The van der Waals surface area contributed by atoms with Crippen LogP contribution in [0.1, 0.15) is 43.6 Å². The fourth-order valence-electron chi connectivity index (χ4n) is 3.02.